The van der Waals surface area contributed by atoms with E-state index in [2.05, 4.69) is 21.4 Å². The summed E-state index contributed by atoms with van der Waals surface area (Å²) in [5.74, 6) is -5.17. The number of amides is 1. The Kier molecular flexibility index (Phi) is 11.2. The predicted octanol–water partition coefficient (Wildman–Crippen LogP) is 3.64. The van der Waals surface area contributed by atoms with Crippen LogP contribution in [0.5, 0.6) is 0 Å². The third-order valence-corrected chi connectivity index (χ3v) is 4.79. The van der Waals surface area contributed by atoms with E-state index < -0.39 is 24.3 Å². The summed E-state index contributed by atoms with van der Waals surface area (Å²) in [7, 11) is 1.91. The number of nitrogens with one attached hydrogen (secondary N) is 1. The molecule has 0 bridgehead atoms. The highest BCUT2D eigenvalue weighted by Crippen LogP contribution is 2.15. The number of fused-ring (bicyclic) bond motifs is 1. The van der Waals surface area contributed by atoms with Crippen LogP contribution in [0.1, 0.15) is 5.56 Å². The van der Waals surface area contributed by atoms with Gasteiger partial charge in [0, 0.05) is 37.6 Å². The molecule has 0 radical (unpaired) electrons. The van der Waals surface area contributed by atoms with Crippen molar-refractivity contribution >= 4 is 40.5 Å². The summed E-state index contributed by atoms with van der Waals surface area (Å²) in [6.07, 6.45) is -4.78. The van der Waals surface area contributed by atoms with Crippen molar-refractivity contribution in [3.05, 3.63) is 54.5 Å². The van der Waals surface area contributed by atoms with Crippen LogP contribution < -0.4 is 5.32 Å². The molecule has 3 aromatic rings. The zero-order chi connectivity index (χ0) is 27.5. The molecular formula is C20H18F6N4O5S. The lowest BCUT2D eigenvalue weighted by Gasteiger charge is -2.06. The monoisotopic (exact) mass is 540 g/mol. The minimum Gasteiger partial charge on any atom is -0.475 e. The zero-order valence-electron chi connectivity index (χ0n) is 18.2. The van der Waals surface area contributed by atoms with E-state index in [-0.39, 0.29) is 5.91 Å². The van der Waals surface area contributed by atoms with Crippen LogP contribution in [0.25, 0.3) is 10.9 Å². The van der Waals surface area contributed by atoms with Gasteiger partial charge in [0.25, 0.3) is 0 Å². The first-order valence-electron chi connectivity index (χ1n) is 9.42. The Bertz CT molecular complexity index is 1160. The maximum absolute atomic E-state index is 11.9. The third-order valence-electron chi connectivity index (χ3n) is 3.73. The molecule has 16 heteroatoms. The molecule has 1 aromatic carbocycles. The Morgan fingerprint density at radius 2 is 1.56 bits per heavy atom. The number of para-hydroxylation sites is 1. The molecule has 2 aromatic heterocycles. The highest BCUT2D eigenvalue weighted by molar-refractivity contribution is 7.99. The number of nitrogens with zero attached hydrogens (tertiary/aromatic N) is 3. The summed E-state index contributed by atoms with van der Waals surface area (Å²) >= 11 is 1.42. The zero-order valence-corrected chi connectivity index (χ0v) is 19.0. The van der Waals surface area contributed by atoms with Crippen molar-refractivity contribution in [2.75, 3.05) is 5.75 Å². The van der Waals surface area contributed by atoms with Gasteiger partial charge in [0.05, 0.1) is 11.3 Å². The summed E-state index contributed by atoms with van der Waals surface area (Å²) in [5.41, 5.74) is 1.96. The van der Waals surface area contributed by atoms with Crippen LogP contribution in [-0.2, 0) is 28.0 Å². The van der Waals surface area contributed by atoms with Gasteiger partial charge in [-0.15, -0.1) is 0 Å². The second-order valence-corrected chi connectivity index (χ2v) is 7.47. The lowest BCUT2D eigenvalue weighted by Crippen LogP contribution is -2.24. The second-order valence-electron chi connectivity index (χ2n) is 6.53. The number of hydrogen-bond donors (Lipinski definition) is 3. The average molecular weight is 540 g/mol. The number of carbonyl (C=O) groups excluding carboxylic acids is 1. The fraction of sp³-hybridized carbons (Fsp3) is 0.250. The van der Waals surface area contributed by atoms with Gasteiger partial charge in [-0.05, 0) is 17.7 Å². The molecule has 196 valence electrons. The molecule has 9 nitrogen and oxygen atoms in total. The van der Waals surface area contributed by atoms with Crippen LogP contribution in [0.3, 0.4) is 0 Å². The first-order chi connectivity index (χ1) is 16.6. The average Bonchev–Trinajstić information content (AvgIpc) is 3.20. The van der Waals surface area contributed by atoms with E-state index in [1.807, 2.05) is 42.1 Å². The quantitative estimate of drug-likeness (QED) is 0.330. The number of imidazole rings is 1. The van der Waals surface area contributed by atoms with E-state index in [4.69, 9.17) is 19.8 Å². The fourth-order valence-corrected chi connectivity index (χ4v) is 2.85. The van der Waals surface area contributed by atoms with E-state index in [0.717, 1.165) is 21.6 Å². The van der Waals surface area contributed by atoms with Crippen LogP contribution in [0.2, 0.25) is 0 Å². The number of halogens is 6. The highest BCUT2D eigenvalue weighted by Gasteiger charge is 2.38. The standard InChI is InChI=1S/C16H16N4OS.2C2HF3O2/c1-20-7-6-17-16(20)22-11-15(21)19-10-12-8-13-4-2-3-5-14(13)18-9-12;2*3-2(4,5)1(6)7/h2-9H,10-11H2,1H3,(H,19,21);2*(H,6,7). The van der Waals surface area contributed by atoms with Gasteiger partial charge in [0.15, 0.2) is 5.16 Å². The van der Waals surface area contributed by atoms with Crippen molar-refractivity contribution in [1.29, 1.82) is 0 Å². The first kappa shape index (κ1) is 30.2. The van der Waals surface area contributed by atoms with Crippen molar-refractivity contribution in [1.82, 2.24) is 19.9 Å². The van der Waals surface area contributed by atoms with E-state index in [0.29, 0.717) is 12.3 Å². The number of aliphatic carboxylic acids is 2. The molecule has 0 spiro atoms. The number of carboxylic acids is 2. The second kappa shape index (κ2) is 13.3. The van der Waals surface area contributed by atoms with E-state index >= 15 is 0 Å². The van der Waals surface area contributed by atoms with Gasteiger partial charge in [-0.2, -0.15) is 26.3 Å². The van der Waals surface area contributed by atoms with Crippen LogP contribution >= 0.6 is 11.8 Å². The van der Waals surface area contributed by atoms with E-state index in [1.165, 1.54) is 11.8 Å². The van der Waals surface area contributed by atoms with Gasteiger partial charge in [0.2, 0.25) is 5.91 Å². The van der Waals surface area contributed by atoms with E-state index in [9.17, 15) is 31.1 Å². The minimum atomic E-state index is -5.08. The summed E-state index contributed by atoms with van der Waals surface area (Å²) in [4.78, 5) is 38.3. The van der Waals surface area contributed by atoms with E-state index in [1.54, 1.807) is 12.4 Å². The van der Waals surface area contributed by atoms with Crippen LogP contribution in [0.4, 0.5) is 26.3 Å². The van der Waals surface area contributed by atoms with Gasteiger partial charge in [-0.1, -0.05) is 30.0 Å². The summed E-state index contributed by atoms with van der Waals surface area (Å²) in [5, 5.41) is 19.1. The molecule has 36 heavy (non-hydrogen) atoms. The molecule has 1 amide bonds. The van der Waals surface area contributed by atoms with Crippen LogP contribution in [0.15, 0.2) is 54.1 Å². The van der Waals surface area contributed by atoms with Gasteiger partial charge >= 0.3 is 24.3 Å². The number of benzene rings is 1. The summed E-state index contributed by atoms with van der Waals surface area (Å²) < 4.78 is 65.4. The maximum Gasteiger partial charge on any atom is 0.490 e. The molecule has 0 aliphatic heterocycles. The van der Waals surface area contributed by atoms with Crippen molar-refractivity contribution < 1.29 is 50.9 Å². The SMILES string of the molecule is Cn1ccnc1SCC(=O)NCc1cnc2ccccc2c1.O=C(O)C(F)(F)F.O=C(O)C(F)(F)F. The van der Waals surface area contributed by atoms with Crippen molar-refractivity contribution in [2.24, 2.45) is 7.05 Å². The Balaban J connectivity index is 0.000000383. The van der Waals surface area contributed by atoms with Gasteiger partial charge in [-0.3, -0.25) is 9.78 Å². The van der Waals surface area contributed by atoms with Crippen molar-refractivity contribution in [3.8, 4) is 0 Å². The van der Waals surface area contributed by atoms with Crippen molar-refractivity contribution in [3.63, 3.8) is 0 Å². The largest absolute Gasteiger partial charge is 0.490 e. The number of thioether (sulfide) groups is 1. The smallest absolute Gasteiger partial charge is 0.475 e. The summed E-state index contributed by atoms with van der Waals surface area (Å²) in [6, 6.07) is 9.99. The molecule has 0 aliphatic carbocycles. The number of alkyl halides is 6. The number of carboxylic acid groups (broad SMARTS) is 2. The number of hydrogen-bond acceptors (Lipinski definition) is 6. The lowest BCUT2D eigenvalue weighted by atomic mass is 10.1. The topological polar surface area (TPSA) is 134 Å². The van der Waals surface area contributed by atoms with Crippen molar-refractivity contribution in [2.45, 2.75) is 24.1 Å². The minimum absolute atomic E-state index is 0.0128. The molecule has 0 saturated heterocycles. The molecule has 0 atom stereocenters. The Morgan fingerprint density at radius 1 is 1.00 bits per heavy atom. The molecule has 0 fully saturated rings. The first-order valence-corrected chi connectivity index (χ1v) is 10.4. The van der Waals surface area contributed by atoms with Gasteiger partial charge in [-0.25, -0.2) is 14.6 Å². The fourth-order valence-electron chi connectivity index (χ4n) is 2.09. The molecule has 0 unspecified atom stereocenters. The Morgan fingerprint density at radius 3 is 2.06 bits per heavy atom. The number of rotatable bonds is 5. The van der Waals surface area contributed by atoms with Gasteiger partial charge in [0.1, 0.15) is 0 Å². The predicted molar refractivity (Wildman–Crippen MR) is 115 cm³/mol. The third kappa shape index (κ3) is 11.1. The number of carbonyl (C=O) groups is 3. The summed E-state index contributed by atoms with van der Waals surface area (Å²) in [6.45, 7) is 0.484. The number of aromatic nitrogens is 3. The molecule has 0 aliphatic rings. The van der Waals surface area contributed by atoms with Crippen LogP contribution in [-0.4, -0.2) is 60.7 Å². The number of pyridine rings is 1. The lowest BCUT2D eigenvalue weighted by molar-refractivity contribution is -0.193. The normalized spacial score (nSPS) is 11.0. The maximum atomic E-state index is 11.9. The molecule has 2 heterocycles. The Labute approximate surface area is 203 Å². The van der Waals surface area contributed by atoms with Crippen LogP contribution in [0, 0.1) is 0 Å². The van der Waals surface area contributed by atoms with Gasteiger partial charge < -0.3 is 20.1 Å². The molecule has 3 rings (SSSR count). The highest BCUT2D eigenvalue weighted by atomic mass is 32.2. The number of aryl methyl sites for hydroxylation is 1. The molecule has 3 N–H and O–H groups in total. The Hall–Kier alpha value is -3.82. The molecular weight excluding hydrogens is 522 g/mol. The molecule has 0 saturated carbocycles.